The van der Waals surface area contributed by atoms with Crippen LogP contribution in [0.5, 0.6) is 0 Å². The Balaban J connectivity index is 0.00000121. The monoisotopic (exact) mass is 214 g/mol. The van der Waals surface area contributed by atoms with Gasteiger partial charge in [0, 0.05) is 5.02 Å². The number of hydrazine groups is 1. The molecule has 0 aliphatic carbocycles. The molecule has 1 aromatic rings. The van der Waals surface area contributed by atoms with Crippen molar-refractivity contribution >= 4 is 29.7 Å². The lowest BCUT2D eigenvalue weighted by molar-refractivity contribution is 0.589. The van der Waals surface area contributed by atoms with Gasteiger partial charge >= 0.3 is 0 Å². The van der Waals surface area contributed by atoms with Gasteiger partial charge < -0.3 is 5.43 Å². The Morgan fingerprint density at radius 3 is 2.00 bits per heavy atom. The zero-order valence-corrected chi connectivity index (χ0v) is 7.35. The highest BCUT2D eigenvalue weighted by Gasteiger charge is 2.07. The Bertz CT molecular complexity index is 257. The summed E-state index contributed by atoms with van der Waals surface area (Å²) >= 11 is 5.33. The molecule has 0 atom stereocenters. The summed E-state index contributed by atoms with van der Waals surface area (Å²) in [5.74, 6) is 3.21. The number of nitrogens with two attached hydrogens (primary N) is 1. The fraction of sp³-hybridized carbons (Fsp3) is 0. The van der Waals surface area contributed by atoms with Crippen LogP contribution in [0, 0.1) is 11.6 Å². The Labute approximate surface area is 79.1 Å². The van der Waals surface area contributed by atoms with Crippen molar-refractivity contribution in [1.82, 2.24) is 0 Å². The van der Waals surface area contributed by atoms with Crippen LogP contribution >= 0.6 is 24.0 Å². The summed E-state index contributed by atoms with van der Waals surface area (Å²) in [6.07, 6.45) is 0. The third-order valence-electron chi connectivity index (χ3n) is 1.15. The molecule has 1 rings (SSSR count). The lowest BCUT2D eigenvalue weighted by atomic mass is 10.3. The highest BCUT2D eigenvalue weighted by atomic mass is 35.5. The number of benzene rings is 1. The molecule has 0 amide bonds. The predicted octanol–water partition coefficient (Wildman–Crippen LogP) is 2.33. The van der Waals surface area contributed by atoms with Crippen molar-refractivity contribution in [3.8, 4) is 0 Å². The van der Waals surface area contributed by atoms with Crippen LogP contribution in [0.4, 0.5) is 14.5 Å². The maximum absolute atomic E-state index is 12.6. The van der Waals surface area contributed by atoms with E-state index in [9.17, 15) is 8.78 Å². The zero-order valence-electron chi connectivity index (χ0n) is 5.77. The molecule has 6 heteroatoms. The van der Waals surface area contributed by atoms with Gasteiger partial charge in [0.2, 0.25) is 0 Å². The lowest BCUT2D eigenvalue weighted by Gasteiger charge is -2.02. The van der Waals surface area contributed by atoms with E-state index in [0.717, 1.165) is 12.1 Å². The van der Waals surface area contributed by atoms with Gasteiger partial charge in [-0.2, -0.15) is 0 Å². The third-order valence-corrected chi connectivity index (χ3v) is 1.37. The van der Waals surface area contributed by atoms with E-state index in [-0.39, 0.29) is 23.1 Å². The number of rotatable bonds is 1. The summed E-state index contributed by atoms with van der Waals surface area (Å²) in [5.41, 5.74) is 1.50. The Morgan fingerprint density at radius 1 is 1.25 bits per heavy atom. The minimum Gasteiger partial charge on any atom is -0.319 e. The highest BCUT2D eigenvalue weighted by Crippen LogP contribution is 2.21. The quantitative estimate of drug-likeness (QED) is 0.557. The van der Waals surface area contributed by atoms with Crippen molar-refractivity contribution < 1.29 is 8.78 Å². The zero-order chi connectivity index (χ0) is 8.43. The Kier molecular flexibility index (Phi) is 4.23. The van der Waals surface area contributed by atoms with Crippen molar-refractivity contribution in [3.05, 3.63) is 28.8 Å². The molecule has 3 N–H and O–H groups in total. The third kappa shape index (κ3) is 2.20. The fourth-order valence-electron chi connectivity index (χ4n) is 0.680. The van der Waals surface area contributed by atoms with Gasteiger partial charge in [-0.05, 0) is 12.1 Å². The first-order valence-corrected chi connectivity index (χ1v) is 3.14. The Hall–Kier alpha value is -0.580. The maximum atomic E-state index is 12.6. The first-order valence-electron chi connectivity index (χ1n) is 2.76. The van der Waals surface area contributed by atoms with Gasteiger partial charge in [-0.25, -0.2) is 8.78 Å². The second kappa shape index (κ2) is 4.45. The van der Waals surface area contributed by atoms with E-state index in [2.05, 4.69) is 0 Å². The molecule has 0 saturated heterocycles. The Morgan fingerprint density at radius 2 is 1.67 bits per heavy atom. The summed E-state index contributed by atoms with van der Waals surface area (Å²) in [6.45, 7) is 0. The van der Waals surface area contributed by atoms with Crippen molar-refractivity contribution in [3.63, 3.8) is 0 Å². The van der Waals surface area contributed by atoms with Gasteiger partial charge in [0.25, 0.3) is 0 Å². The van der Waals surface area contributed by atoms with E-state index in [1.54, 1.807) is 0 Å². The van der Waals surface area contributed by atoms with E-state index in [4.69, 9.17) is 17.4 Å². The standard InChI is InChI=1S/C6H5ClF2N2.ClH/c7-3-1-4(8)6(11-10)5(9)2-3;/h1-2,11H,10H2;1H. The second-order valence-corrected chi connectivity index (χ2v) is 2.33. The van der Waals surface area contributed by atoms with Crippen LogP contribution in [0.15, 0.2) is 12.1 Å². The lowest BCUT2D eigenvalue weighted by Crippen LogP contribution is -2.10. The van der Waals surface area contributed by atoms with Crippen LogP contribution in [-0.2, 0) is 0 Å². The summed E-state index contributed by atoms with van der Waals surface area (Å²) in [4.78, 5) is 0. The summed E-state index contributed by atoms with van der Waals surface area (Å²) < 4.78 is 25.3. The smallest absolute Gasteiger partial charge is 0.152 e. The highest BCUT2D eigenvalue weighted by molar-refractivity contribution is 6.30. The topological polar surface area (TPSA) is 38.0 Å². The van der Waals surface area contributed by atoms with E-state index in [0.29, 0.717) is 0 Å². The van der Waals surface area contributed by atoms with Crippen LogP contribution in [0.3, 0.4) is 0 Å². The molecule has 0 saturated carbocycles. The summed E-state index contributed by atoms with van der Waals surface area (Å²) in [6, 6.07) is 1.94. The van der Waals surface area contributed by atoms with Gasteiger partial charge in [-0.1, -0.05) is 11.6 Å². The van der Waals surface area contributed by atoms with Crippen molar-refractivity contribution in [2.24, 2.45) is 5.84 Å². The average molecular weight is 215 g/mol. The molecular weight excluding hydrogens is 209 g/mol. The van der Waals surface area contributed by atoms with E-state index in [1.807, 2.05) is 5.43 Å². The van der Waals surface area contributed by atoms with Crippen molar-refractivity contribution in [2.45, 2.75) is 0 Å². The SMILES string of the molecule is Cl.NNc1c(F)cc(Cl)cc1F. The summed E-state index contributed by atoms with van der Waals surface area (Å²) in [7, 11) is 0. The van der Waals surface area contributed by atoms with Crippen LogP contribution in [-0.4, -0.2) is 0 Å². The molecule has 2 nitrogen and oxygen atoms in total. The minimum atomic E-state index is -0.808. The average Bonchev–Trinajstić information content (AvgIpc) is 1.85. The van der Waals surface area contributed by atoms with Crippen LogP contribution in [0.1, 0.15) is 0 Å². The molecule has 12 heavy (non-hydrogen) atoms. The largest absolute Gasteiger partial charge is 0.319 e. The first kappa shape index (κ1) is 11.4. The van der Waals surface area contributed by atoms with E-state index >= 15 is 0 Å². The van der Waals surface area contributed by atoms with Gasteiger partial charge in [0.1, 0.15) is 5.69 Å². The van der Waals surface area contributed by atoms with E-state index in [1.165, 1.54) is 0 Å². The van der Waals surface area contributed by atoms with Gasteiger partial charge in [-0.3, -0.25) is 5.84 Å². The molecule has 0 aliphatic heterocycles. The van der Waals surface area contributed by atoms with Crippen LogP contribution in [0.2, 0.25) is 5.02 Å². The normalized spacial score (nSPS) is 9.00. The molecule has 0 bridgehead atoms. The molecule has 0 aliphatic rings. The van der Waals surface area contributed by atoms with Crippen LogP contribution < -0.4 is 11.3 Å². The number of hydrogen-bond donors (Lipinski definition) is 2. The molecule has 1 aromatic carbocycles. The predicted molar refractivity (Wildman–Crippen MR) is 46.4 cm³/mol. The molecule has 0 fully saturated rings. The molecule has 68 valence electrons. The van der Waals surface area contributed by atoms with Crippen molar-refractivity contribution in [1.29, 1.82) is 0 Å². The van der Waals surface area contributed by atoms with Gasteiger partial charge in [0.05, 0.1) is 0 Å². The molecule has 0 radical (unpaired) electrons. The number of anilines is 1. The molecule has 0 aromatic heterocycles. The second-order valence-electron chi connectivity index (χ2n) is 1.89. The molecule has 0 unspecified atom stereocenters. The maximum Gasteiger partial charge on any atom is 0.152 e. The van der Waals surface area contributed by atoms with E-state index < -0.39 is 11.6 Å². The number of hydrogen-bond acceptors (Lipinski definition) is 2. The number of halogens is 4. The fourth-order valence-corrected chi connectivity index (χ4v) is 0.872. The first-order chi connectivity index (χ1) is 5.15. The van der Waals surface area contributed by atoms with Gasteiger partial charge in [0.15, 0.2) is 11.6 Å². The van der Waals surface area contributed by atoms with Crippen molar-refractivity contribution in [2.75, 3.05) is 5.43 Å². The summed E-state index contributed by atoms with van der Waals surface area (Å²) in [5, 5.41) is -0.000926. The van der Waals surface area contributed by atoms with Crippen LogP contribution in [0.25, 0.3) is 0 Å². The molecule has 0 spiro atoms. The minimum absolute atomic E-state index is 0. The number of nitrogen functional groups attached to an aromatic ring is 1. The molecular formula is C6H6Cl2F2N2. The number of nitrogens with one attached hydrogen (secondary N) is 1. The van der Waals surface area contributed by atoms with Gasteiger partial charge in [-0.15, -0.1) is 12.4 Å². The molecule has 0 heterocycles.